The number of likely N-dealkylation sites (N-methyl/N-ethyl adjacent to an activating group) is 1. The number of piperazine rings is 1. The number of carbonyl (C=O) groups is 1. The molecule has 2 aromatic carbocycles. The molecule has 3 fully saturated rings. The van der Waals surface area contributed by atoms with Gasteiger partial charge in [-0.05, 0) is 80.8 Å². The highest BCUT2D eigenvalue weighted by Gasteiger charge is 2.36. The second kappa shape index (κ2) is 10.0. The fourth-order valence-electron chi connectivity index (χ4n) is 6.69. The van der Waals surface area contributed by atoms with Crippen LogP contribution < -0.4 is 4.90 Å². The van der Waals surface area contributed by atoms with Gasteiger partial charge in [0.05, 0.1) is 17.9 Å². The van der Waals surface area contributed by atoms with Gasteiger partial charge in [-0.3, -0.25) is 4.79 Å². The highest BCUT2D eigenvalue weighted by Crippen LogP contribution is 2.34. The van der Waals surface area contributed by atoms with Crippen molar-refractivity contribution in [2.75, 3.05) is 51.2 Å². The van der Waals surface area contributed by atoms with Gasteiger partial charge in [-0.1, -0.05) is 12.1 Å². The van der Waals surface area contributed by atoms with Crippen LogP contribution in [-0.2, 0) is 4.74 Å². The monoisotopic (exact) mass is 536 g/mol. The van der Waals surface area contributed by atoms with Crippen molar-refractivity contribution in [3.05, 3.63) is 65.4 Å². The average molecular weight is 537 g/mol. The van der Waals surface area contributed by atoms with Crippen molar-refractivity contribution in [1.29, 1.82) is 0 Å². The summed E-state index contributed by atoms with van der Waals surface area (Å²) in [5.41, 5.74) is 9.38. The van der Waals surface area contributed by atoms with Gasteiger partial charge in [0.1, 0.15) is 0 Å². The van der Waals surface area contributed by atoms with Crippen molar-refractivity contribution in [1.82, 2.24) is 25.0 Å². The summed E-state index contributed by atoms with van der Waals surface area (Å²) in [7, 11) is 2.19. The zero-order valence-corrected chi connectivity index (χ0v) is 23.5. The smallest absolute Gasteiger partial charge is 0.254 e. The number of nitrogens with zero attached hydrogens (tertiary/aromatic N) is 5. The largest absolute Gasteiger partial charge is 0.371 e. The molecular weight excluding hydrogens is 500 g/mol. The Morgan fingerprint density at radius 3 is 2.25 bits per heavy atom. The number of H-pyrrole nitrogens is 1. The molecule has 3 aliphatic rings. The molecule has 1 amide bonds. The quantitative estimate of drug-likeness (QED) is 0.409. The molecule has 40 heavy (non-hydrogen) atoms. The van der Waals surface area contributed by atoms with E-state index in [9.17, 15) is 4.79 Å². The maximum absolute atomic E-state index is 13.2. The summed E-state index contributed by atoms with van der Waals surface area (Å²) in [6, 6.07) is 14.5. The highest BCUT2D eigenvalue weighted by molar-refractivity contribution is 5.97. The number of carbonyl (C=O) groups excluding carboxylic acids is 1. The maximum atomic E-state index is 13.2. The molecule has 206 valence electrons. The lowest BCUT2D eigenvalue weighted by Crippen LogP contribution is -2.45. The number of anilines is 1. The minimum Gasteiger partial charge on any atom is -0.371 e. The number of morpholine rings is 1. The SMILES string of the molecule is Cc1cc(-c2cc3c(-c4ccc(C(=O)N5CC6CCC(C5)O6)cc4)c[nH]c3nn2)cc(C)c1N1CCN(C)CC1. The van der Waals surface area contributed by atoms with Gasteiger partial charge in [0.2, 0.25) is 0 Å². The lowest BCUT2D eigenvalue weighted by Gasteiger charge is -2.36. The van der Waals surface area contributed by atoms with E-state index < -0.39 is 0 Å². The third-order valence-corrected chi connectivity index (χ3v) is 8.82. The highest BCUT2D eigenvalue weighted by atomic mass is 16.5. The summed E-state index contributed by atoms with van der Waals surface area (Å²) < 4.78 is 5.90. The van der Waals surface area contributed by atoms with Crippen molar-refractivity contribution in [3.63, 3.8) is 0 Å². The average Bonchev–Trinajstić information content (AvgIpc) is 3.54. The Kier molecular flexibility index (Phi) is 6.32. The van der Waals surface area contributed by atoms with E-state index in [1.165, 1.54) is 16.8 Å². The summed E-state index contributed by atoms with van der Waals surface area (Å²) in [6.07, 6.45) is 4.47. The van der Waals surface area contributed by atoms with Crippen LogP contribution in [0.15, 0.2) is 48.7 Å². The van der Waals surface area contributed by atoms with Gasteiger partial charge in [-0.25, -0.2) is 0 Å². The zero-order valence-electron chi connectivity index (χ0n) is 23.5. The van der Waals surface area contributed by atoms with Crippen LogP contribution in [0.4, 0.5) is 5.69 Å². The number of ether oxygens (including phenoxy) is 1. The van der Waals surface area contributed by atoms with Gasteiger partial charge in [-0.2, -0.15) is 0 Å². The van der Waals surface area contributed by atoms with Crippen LogP contribution in [0.25, 0.3) is 33.4 Å². The predicted octanol–water partition coefficient (Wildman–Crippen LogP) is 4.66. The molecule has 4 aromatic rings. The van der Waals surface area contributed by atoms with E-state index in [1.807, 2.05) is 35.4 Å². The molecule has 1 N–H and O–H groups in total. The molecule has 3 saturated heterocycles. The number of hydrogen-bond donors (Lipinski definition) is 1. The minimum atomic E-state index is 0.0876. The van der Waals surface area contributed by atoms with E-state index in [0.29, 0.717) is 13.1 Å². The summed E-state index contributed by atoms with van der Waals surface area (Å²) in [5, 5.41) is 10.1. The van der Waals surface area contributed by atoms with E-state index in [-0.39, 0.29) is 18.1 Å². The number of likely N-dealkylation sites (tertiary alicyclic amines) is 1. The molecule has 8 heteroatoms. The second-order valence-corrected chi connectivity index (χ2v) is 11.7. The number of amides is 1. The lowest BCUT2D eigenvalue weighted by molar-refractivity contribution is -0.0303. The van der Waals surface area contributed by atoms with Crippen LogP contribution in [-0.4, -0.2) is 89.4 Å². The number of rotatable bonds is 4. The number of aryl methyl sites for hydroxylation is 2. The Hall–Kier alpha value is -3.75. The molecule has 5 heterocycles. The Morgan fingerprint density at radius 1 is 0.900 bits per heavy atom. The molecule has 0 radical (unpaired) electrons. The molecule has 2 bridgehead atoms. The Balaban J connectivity index is 1.15. The van der Waals surface area contributed by atoms with Crippen LogP contribution in [0.2, 0.25) is 0 Å². The van der Waals surface area contributed by atoms with Crippen molar-refractivity contribution < 1.29 is 9.53 Å². The number of aromatic amines is 1. The Labute approximate surface area is 234 Å². The van der Waals surface area contributed by atoms with Gasteiger partial charge in [0, 0.05) is 73.2 Å². The van der Waals surface area contributed by atoms with Crippen LogP contribution in [0.5, 0.6) is 0 Å². The predicted molar refractivity (Wildman–Crippen MR) is 158 cm³/mol. The molecule has 2 aromatic heterocycles. The standard InChI is InChI=1S/C32H36N6O2/c1-20-14-24(15-21(2)30(20)37-12-10-36(3)11-13-37)29-16-27-28(17-33-31(27)35-34-29)22-4-6-23(7-5-22)32(39)38-18-25-8-9-26(19-38)40-25/h4-7,14-17,25-26H,8-13,18-19H2,1-3H3,(H,33,35). The van der Waals surface area contributed by atoms with Gasteiger partial charge in [0.25, 0.3) is 5.91 Å². The number of fused-ring (bicyclic) bond motifs is 3. The molecule has 8 nitrogen and oxygen atoms in total. The van der Waals surface area contributed by atoms with Crippen molar-refractivity contribution in [2.24, 2.45) is 0 Å². The molecule has 3 aliphatic heterocycles. The van der Waals surface area contributed by atoms with E-state index in [1.54, 1.807) is 0 Å². The molecular formula is C32H36N6O2. The first-order valence-corrected chi connectivity index (χ1v) is 14.4. The molecule has 0 saturated carbocycles. The van der Waals surface area contributed by atoms with Crippen LogP contribution in [0.1, 0.15) is 34.3 Å². The van der Waals surface area contributed by atoms with Crippen molar-refractivity contribution in [3.8, 4) is 22.4 Å². The maximum Gasteiger partial charge on any atom is 0.254 e. The fourth-order valence-corrected chi connectivity index (χ4v) is 6.69. The molecule has 0 aliphatic carbocycles. The molecule has 7 rings (SSSR count). The number of aromatic nitrogens is 3. The number of nitrogens with one attached hydrogen (secondary N) is 1. The molecule has 2 unspecified atom stereocenters. The summed E-state index contributed by atoms with van der Waals surface area (Å²) in [6.45, 7) is 10.0. The molecule has 2 atom stereocenters. The Morgan fingerprint density at radius 2 is 1.57 bits per heavy atom. The zero-order chi connectivity index (χ0) is 27.4. The molecule has 0 spiro atoms. The van der Waals surface area contributed by atoms with E-state index in [4.69, 9.17) is 4.74 Å². The van der Waals surface area contributed by atoms with Gasteiger partial charge in [0.15, 0.2) is 5.65 Å². The third kappa shape index (κ3) is 4.55. The van der Waals surface area contributed by atoms with E-state index in [0.717, 1.165) is 78.0 Å². The first-order chi connectivity index (χ1) is 19.4. The topological polar surface area (TPSA) is 77.6 Å². The lowest BCUT2D eigenvalue weighted by atomic mass is 9.99. The Bertz CT molecular complexity index is 1540. The van der Waals surface area contributed by atoms with Crippen LogP contribution in [0, 0.1) is 13.8 Å². The summed E-state index contributed by atoms with van der Waals surface area (Å²) in [5.74, 6) is 0.0876. The normalized spacial score (nSPS) is 21.4. The third-order valence-electron chi connectivity index (χ3n) is 8.82. The first-order valence-electron chi connectivity index (χ1n) is 14.4. The minimum absolute atomic E-state index is 0.0876. The number of hydrogen-bond acceptors (Lipinski definition) is 6. The van der Waals surface area contributed by atoms with Crippen LogP contribution >= 0.6 is 0 Å². The van der Waals surface area contributed by atoms with Gasteiger partial charge >= 0.3 is 0 Å². The van der Waals surface area contributed by atoms with Crippen molar-refractivity contribution in [2.45, 2.75) is 38.9 Å². The first kappa shape index (κ1) is 25.2. The number of benzene rings is 2. The van der Waals surface area contributed by atoms with E-state index in [2.05, 4.69) is 64.1 Å². The van der Waals surface area contributed by atoms with Gasteiger partial charge < -0.3 is 24.4 Å². The van der Waals surface area contributed by atoms with E-state index >= 15 is 0 Å². The fraction of sp³-hybridized carbons (Fsp3) is 0.406. The summed E-state index contributed by atoms with van der Waals surface area (Å²) in [4.78, 5) is 23.3. The van der Waals surface area contributed by atoms with Gasteiger partial charge in [-0.15, -0.1) is 10.2 Å². The van der Waals surface area contributed by atoms with Crippen molar-refractivity contribution >= 4 is 22.6 Å². The second-order valence-electron chi connectivity index (χ2n) is 11.7. The van der Waals surface area contributed by atoms with Crippen LogP contribution in [0.3, 0.4) is 0 Å². The summed E-state index contributed by atoms with van der Waals surface area (Å²) >= 11 is 0.